The molecule has 1 heterocycles. The van der Waals surface area contributed by atoms with Gasteiger partial charge in [0.05, 0.1) is 5.69 Å². The minimum Gasteiger partial charge on any atom is -0.277 e. The van der Waals surface area contributed by atoms with Gasteiger partial charge < -0.3 is 0 Å². The first-order chi connectivity index (χ1) is 12.0. The van der Waals surface area contributed by atoms with Crippen molar-refractivity contribution in [3.63, 3.8) is 0 Å². The highest BCUT2D eigenvalue weighted by Crippen LogP contribution is 2.47. The molecule has 4 amide bonds. The van der Waals surface area contributed by atoms with Gasteiger partial charge in [0.15, 0.2) is 5.92 Å². The Labute approximate surface area is 153 Å². The number of amides is 4. The lowest BCUT2D eigenvalue weighted by molar-refractivity contribution is -0.141. The average Bonchev–Trinajstić information content (AvgIpc) is 3.19. The molecular weight excluding hydrogens is 386 g/mol. The van der Waals surface area contributed by atoms with E-state index in [-0.39, 0.29) is 6.04 Å². The van der Waals surface area contributed by atoms with Crippen LogP contribution in [-0.2, 0) is 9.59 Å². The van der Waals surface area contributed by atoms with Crippen LogP contribution in [-0.4, -0.2) is 35.0 Å². The maximum Gasteiger partial charge on any atom is 0.331 e. The van der Waals surface area contributed by atoms with E-state index in [0.29, 0.717) is 17.5 Å². The van der Waals surface area contributed by atoms with E-state index in [1.165, 1.54) is 17.5 Å². The van der Waals surface area contributed by atoms with Gasteiger partial charge in [0, 0.05) is 16.7 Å². The molecule has 7 heteroatoms. The maximum atomic E-state index is 12.8. The Morgan fingerprint density at radius 1 is 1.12 bits per heavy atom. The summed E-state index contributed by atoms with van der Waals surface area (Å²) in [7, 11) is 0. The minimum atomic E-state index is -1.06. The van der Waals surface area contributed by atoms with Gasteiger partial charge in [-0.15, -0.1) is 0 Å². The molecular formula is C18H18BrN3O3. The van der Waals surface area contributed by atoms with E-state index >= 15 is 0 Å². The molecule has 2 aliphatic carbocycles. The minimum absolute atomic E-state index is 0.0806. The van der Waals surface area contributed by atoms with E-state index in [4.69, 9.17) is 0 Å². The highest BCUT2D eigenvalue weighted by molar-refractivity contribution is 9.10. The van der Waals surface area contributed by atoms with Crippen LogP contribution in [0, 0.1) is 17.8 Å². The quantitative estimate of drug-likeness (QED) is 0.622. The summed E-state index contributed by atoms with van der Waals surface area (Å²) in [6.07, 6.45) is 5.51. The number of rotatable bonds is 3. The fourth-order valence-corrected chi connectivity index (χ4v) is 4.53. The molecule has 25 heavy (non-hydrogen) atoms. The molecule has 2 bridgehead atoms. The zero-order valence-electron chi connectivity index (χ0n) is 13.5. The summed E-state index contributed by atoms with van der Waals surface area (Å²) in [5.74, 6) is -1.14. The summed E-state index contributed by atoms with van der Waals surface area (Å²) in [5.41, 5.74) is 0.646. The lowest BCUT2D eigenvalue weighted by Gasteiger charge is -2.36. The number of carbonyl (C=O) groups excluding carboxylic acids is 3. The van der Waals surface area contributed by atoms with Crippen molar-refractivity contribution >= 4 is 45.7 Å². The lowest BCUT2D eigenvalue weighted by atomic mass is 9.92. The summed E-state index contributed by atoms with van der Waals surface area (Å²) in [6.45, 7) is 0. The van der Waals surface area contributed by atoms with Crippen LogP contribution in [0.25, 0.3) is 0 Å². The Balaban J connectivity index is 1.55. The first-order valence-electron chi connectivity index (χ1n) is 8.50. The van der Waals surface area contributed by atoms with Crippen molar-refractivity contribution in [1.29, 1.82) is 0 Å². The van der Waals surface area contributed by atoms with Crippen LogP contribution in [0.1, 0.15) is 25.7 Å². The first kappa shape index (κ1) is 16.4. The molecule has 0 spiro atoms. The fourth-order valence-electron chi connectivity index (χ4n) is 4.27. The molecule has 3 aliphatic rings. The molecule has 3 fully saturated rings. The van der Waals surface area contributed by atoms with Gasteiger partial charge in [-0.1, -0.05) is 22.4 Å². The molecule has 130 valence electrons. The van der Waals surface area contributed by atoms with E-state index in [1.807, 2.05) is 12.1 Å². The molecule has 6 nitrogen and oxygen atoms in total. The van der Waals surface area contributed by atoms with E-state index in [9.17, 15) is 14.4 Å². The third-order valence-corrected chi connectivity index (χ3v) is 6.00. The number of urea groups is 1. The topological polar surface area (TPSA) is 78.8 Å². The highest BCUT2D eigenvalue weighted by atomic mass is 79.9. The number of hydrogen-bond donors (Lipinski definition) is 1. The molecule has 1 saturated heterocycles. The van der Waals surface area contributed by atoms with Gasteiger partial charge in [-0.05, 0) is 55.4 Å². The van der Waals surface area contributed by atoms with Gasteiger partial charge in [-0.25, -0.2) is 4.79 Å². The summed E-state index contributed by atoms with van der Waals surface area (Å²) >= 11 is 3.35. The van der Waals surface area contributed by atoms with Crippen LogP contribution in [0.2, 0.25) is 0 Å². The Kier molecular flexibility index (Phi) is 4.19. The Morgan fingerprint density at radius 2 is 1.88 bits per heavy atom. The molecule has 1 aliphatic heterocycles. The molecule has 4 atom stereocenters. The molecule has 1 aromatic carbocycles. The number of imide groups is 2. The van der Waals surface area contributed by atoms with Crippen LogP contribution < -0.4 is 5.32 Å². The summed E-state index contributed by atoms with van der Waals surface area (Å²) in [6, 6.07) is 6.57. The van der Waals surface area contributed by atoms with Crippen molar-refractivity contribution in [3.05, 3.63) is 28.7 Å². The molecule has 4 rings (SSSR count). The summed E-state index contributed by atoms with van der Waals surface area (Å²) < 4.78 is 0.922. The van der Waals surface area contributed by atoms with Crippen molar-refractivity contribution in [2.24, 2.45) is 22.7 Å². The van der Waals surface area contributed by atoms with Crippen molar-refractivity contribution in [1.82, 2.24) is 10.2 Å². The average molecular weight is 404 g/mol. The predicted molar refractivity (Wildman–Crippen MR) is 95.4 cm³/mol. The van der Waals surface area contributed by atoms with Crippen LogP contribution in [0.4, 0.5) is 10.5 Å². The van der Waals surface area contributed by atoms with Gasteiger partial charge >= 0.3 is 6.03 Å². The molecule has 0 unspecified atom stereocenters. The number of aliphatic imine (C=N–C) groups is 1. The highest BCUT2D eigenvalue weighted by Gasteiger charge is 2.50. The number of carbonyl (C=O) groups is 3. The standard InChI is InChI=1S/C18H18BrN3O3/c19-12-3-5-13(6-4-12)20-9-14-16(23)21-18(25)22(17(14)24)15-8-10-1-2-11(15)7-10/h3-6,9-11,14-15H,1-2,7-8H2,(H,21,23,25)/t10-,11-,14+,15-/m0/s1. The maximum absolute atomic E-state index is 12.8. The zero-order valence-corrected chi connectivity index (χ0v) is 15.1. The Bertz CT molecular complexity index is 761. The van der Waals surface area contributed by atoms with Crippen LogP contribution in [0.15, 0.2) is 33.7 Å². The Morgan fingerprint density at radius 3 is 2.52 bits per heavy atom. The van der Waals surface area contributed by atoms with E-state index in [0.717, 1.165) is 23.7 Å². The summed E-state index contributed by atoms with van der Waals surface area (Å²) in [4.78, 5) is 42.7. The van der Waals surface area contributed by atoms with Crippen molar-refractivity contribution in [2.45, 2.75) is 31.7 Å². The molecule has 1 N–H and O–H groups in total. The molecule has 0 aromatic heterocycles. The molecule has 2 saturated carbocycles. The SMILES string of the molecule is O=C1NC(=O)N([C@H]2C[C@H]3CC[C@H]2C3)C(=O)[C@@H]1C=Nc1ccc(Br)cc1. The van der Waals surface area contributed by atoms with Gasteiger partial charge in [-0.2, -0.15) is 0 Å². The second-order valence-electron chi connectivity index (χ2n) is 6.98. The van der Waals surface area contributed by atoms with Crippen LogP contribution >= 0.6 is 15.9 Å². The van der Waals surface area contributed by atoms with E-state index < -0.39 is 23.8 Å². The first-order valence-corrected chi connectivity index (χ1v) is 9.30. The molecule has 0 radical (unpaired) electrons. The zero-order chi connectivity index (χ0) is 17.6. The van der Waals surface area contributed by atoms with Crippen LogP contribution in [0.3, 0.4) is 0 Å². The normalized spacial score (nSPS) is 31.9. The Hall–Kier alpha value is -2.02. The largest absolute Gasteiger partial charge is 0.331 e. The fraction of sp³-hybridized carbons (Fsp3) is 0.444. The third kappa shape index (κ3) is 3.01. The smallest absolute Gasteiger partial charge is 0.277 e. The van der Waals surface area contributed by atoms with Crippen LogP contribution in [0.5, 0.6) is 0 Å². The predicted octanol–water partition coefficient (Wildman–Crippen LogP) is 3.03. The van der Waals surface area contributed by atoms with E-state index in [1.54, 1.807) is 12.1 Å². The second-order valence-corrected chi connectivity index (χ2v) is 7.89. The lowest BCUT2D eigenvalue weighted by Crippen LogP contribution is -2.62. The second kappa shape index (κ2) is 6.37. The van der Waals surface area contributed by atoms with Crippen molar-refractivity contribution < 1.29 is 14.4 Å². The van der Waals surface area contributed by atoms with Gasteiger partial charge in [0.25, 0.3) is 0 Å². The number of fused-ring (bicyclic) bond motifs is 2. The third-order valence-electron chi connectivity index (χ3n) is 5.47. The number of benzene rings is 1. The monoisotopic (exact) mass is 403 g/mol. The van der Waals surface area contributed by atoms with E-state index in [2.05, 4.69) is 26.2 Å². The number of nitrogens with zero attached hydrogens (tertiary/aromatic N) is 2. The molecule has 1 aromatic rings. The number of barbiturate groups is 1. The number of halogens is 1. The van der Waals surface area contributed by atoms with Crippen molar-refractivity contribution in [2.75, 3.05) is 0 Å². The summed E-state index contributed by atoms with van der Waals surface area (Å²) in [5, 5.41) is 2.32. The number of nitrogens with one attached hydrogen (secondary N) is 1. The van der Waals surface area contributed by atoms with Gasteiger partial charge in [0.2, 0.25) is 11.8 Å². The van der Waals surface area contributed by atoms with Crippen molar-refractivity contribution in [3.8, 4) is 0 Å². The van der Waals surface area contributed by atoms with Gasteiger partial charge in [-0.3, -0.25) is 24.8 Å². The van der Waals surface area contributed by atoms with Gasteiger partial charge in [0.1, 0.15) is 0 Å². The number of hydrogen-bond acceptors (Lipinski definition) is 4.